The molecule has 0 saturated heterocycles. The average Bonchev–Trinajstić information content (AvgIpc) is 3.15. The fourth-order valence-corrected chi connectivity index (χ4v) is 4.43. The maximum atomic E-state index is 12.8. The van der Waals surface area contributed by atoms with Gasteiger partial charge in [0.15, 0.2) is 0 Å². The normalized spacial score (nSPS) is 12.3. The van der Waals surface area contributed by atoms with E-state index in [1.165, 1.54) is 50.7 Å². The number of rotatable bonds is 8. The number of carbonyl (C=O) groups excluding carboxylic acids is 2. The van der Waals surface area contributed by atoms with Gasteiger partial charge in [-0.2, -0.15) is 0 Å². The fourth-order valence-electron chi connectivity index (χ4n) is 2.34. The highest BCUT2D eigenvalue weighted by atomic mass is 32.2. The van der Waals surface area contributed by atoms with Gasteiger partial charge in [0.05, 0.1) is 37.3 Å². The lowest BCUT2D eigenvalue weighted by Gasteiger charge is -2.17. The Morgan fingerprint density at radius 3 is 2.52 bits per heavy atom. The summed E-state index contributed by atoms with van der Waals surface area (Å²) in [6, 6.07) is 6.83. The van der Waals surface area contributed by atoms with Crippen molar-refractivity contribution in [3.63, 3.8) is 0 Å². The molecular formula is C17H20N2O6S2. The average molecular weight is 412 g/mol. The van der Waals surface area contributed by atoms with E-state index in [4.69, 9.17) is 4.74 Å². The second kappa shape index (κ2) is 8.98. The van der Waals surface area contributed by atoms with Crippen molar-refractivity contribution in [3.05, 3.63) is 40.6 Å². The van der Waals surface area contributed by atoms with Gasteiger partial charge in [-0.3, -0.25) is 9.59 Å². The topological polar surface area (TPSA) is 111 Å². The number of sulfonamides is 1. The fraction of sp³-hybridized carbons (Fsp3) is 0.294. The molecule has 27 heavy (non-hydrogen) atoms. The number of ether oxygens (including phenoxy) is 2. The van der Waals surface area contributed by atoms with E-state index in [-0.39, 0.29) is 22.9 Å². The lowest BCUT2D eigenvalue weighted by Crippen LogP contribution is -2.30. The van der Waals surface area contributed by atoms with Crippen molar-refractivity contribution < 1.29 is 27.5 Å². The molecule has 1 aromatic heterocycles. The number of anilines is 1. The predicted octanol–water partition coefficient (Wildman–Crippen LogP) is 2.30. The van der Waals surface area contributed by atoms with Crippen LogP contribution < -0.4 is 14.8 Å². The summed E-state index contributed by atoms with van der Waals surface area (Å²) < 4.78 is 38.0. The van der Waals surface area contributed by atoms with E-state index in [0.29, 0.717) is 10.6 Å². The first-order valence-corrected chi connectivity index (χ1v) is 10.2. The Balaban J connectivity index is 2.35. The molecule has 0 aliphatic heterocycles. The molecule has 0 bridgehead atoms. The number of hydrogen-bond acceptors (Lipinski definition) is 7. The first-order chi connectivity index (χ1) is 12.8. The van der Waals surface area contributed by atoms with Gasteiger partial charge >= 0.3 is 5.97 Å². The highest BCUT2D eigenvalue weighted by molar-refractivity contribution is 7.89. The molecule has 0 saturated carbocycles. The molecule has 1 atom stereocenters. The van der Waals surface area contributed by atoms with E-state index in [1.807, 2.05) is 0 Å². The van der Waals surface area contributed by atoms with Crippen molar-refractivity contribution in [3.8, 4) is 5.75 Å². The monoisotopic (exact) mass is 412 g/mol. The van der Waals surface area contributed by atoms with Gasteiger partial charge < -0.3 is 14.8 Å². The van der Waals surface area contributed by atoms with Crippen LogP contribution in [0.25, 0.3) is 0 Å². The summed E-state index contributed by atoms with van der Waals surface area (Å²) in [5.74, 6) is -0.573. The SMILES string of the molecule is COC(=O)CC(NS(=O)(=O)c1ccc(OC)c(NC(C)=O)c1)c1cccs1. The molecule has 1 heterocycles. The zero-order chi connectivity index (χ0) is 20.0. The van der Waals surface area contributed by atoms with E-state index >= 15 is 0 Å². The van der Waals surface area contributed by atoms with E-state index in [2.05, 4.69) is 14.8 Å². The van der Waals surface area contributed by atoms with Crippen LogP contribution in [0.1, 0.15) is 24.3 Å². The number of nitrogens with one attached hydrogen (secondary N) is 2. The second-order valence-corrected chi connectivity index (χ2v) is 8.21. The highest BCUT2D eigenvalue weighted by Crippen LogP contribution is 2.29. The number of hydrogen-bond donors (Lipinski definition) is 2. The zero-order valence-corrected chi connectivity index (χ0v) is 16.6. The highest BCUT2D eigenvalue weighted by Gasteiger charge is 2.25. The molecule has 2 N–H and O–H groups in total. The summed E-state index contributed by atoms with van der Waals surface area (Å²) in [4.78, 5) is 23.6. The Morgan fingerprint density at radius 1 is 1.22 bits per heavy atom. The van der Waals surface area contributed by atoms with Crippen molar-refractivity contribution in [2.75, 3.05) is 19.5 Å². The first-order valence-electron chi connectivity index (χ1n) is 7.85. The van der Waals surface area contributed by atoms with Crippen LogP contribution in [0.4, 0.5) is 5.69 Å². The Morgan fingerprint density at radius 2 is 1.96 bits per heavy atom. The summed E-state index contributed by atoms with van der Waals surface area (Å²) in [5.41, 5.74) is 0.230. The number of methoxy groups -OCH3 is 2. The summed E-state index contributed by atoms with van der Waals surface area (Å²) in [7, 11) is -1.33. The first kappa shape index (κ1) is 20.9. The Kier molecular flexibility index (Phi) is 6.94. The lowest BCUT2D eigenvalue weighted by molar-refractivity contribution is -0.141. The Labute approximate surface area is 161 Å². The van der Waals surface area contributed by atoms with Crippen LogP contribution in [-0.4, -0.2) is 34.5 Å². The third-order valence-electron chi connectivity index (χ3n) is 3.57. The molecule has 1 amide bonds. The largest absolute Gasteiger partial charge is 0.495 e. The van der Waals surface area contributed by atoms with Crippen molar-refractivity contribution in [1.82, 2.24) is 4.72 Å². The molecule has 0 aliphatic rings. The third-order valence-corrected chi connectivity index (χ3v) is 6.03. The molecule has 8 nitrogen and oxygen atoms in total. The maximum absolute atomic E-state index is 12.8. The molecular weight excluding hydrogens is 392 g/mol. The molecule has 146 valence electrons. The lowest BCUT2D eigenvalue weighted by atomic mass is 10.2. The molecule has 0 aliphatic carbocycles. The molecule has 0 spiro atoms. The van der Waals surface area contributed by atoms with Gasteiger partial charge in [-0.1, -0.05) is 6.07 Å². The summed E-state index contributed by atoms with van der Waals surface area (Å²) in [6.45, 7) is 1.31. The number of esters is 1. The van der Waals surface area contributed by atoms with E-state index in [9.17, 15) is 18.0 Å². The summed E-state index contributed by atoms with van der Waals surface area (Å²) >= 11 is 1.33. The minimum Gasteiger partial charge on any atom is -0.495 e. The minimum atomic E-state index is -3.98. The van der Waals surface area contributed by atoms with Crippen LogP contribution in [0, 0.1) is 0 Å². The molecule has 2 aromatic rings. The molecule has 0 fully saturated rings. The predicted molar refractivity (Wildman–Crippen MR) is 101 cm³/mol. The molecule has 10 heteroatoms. The molecule has 1 unspecified atom stereocenters. The van der Waals surface area contributed by atoms with Crippen LogP contribution >= 0.6 is 11.3 Å². The van der Waals surface area contributed by atoms with Crippen molar-refractivity contribution in [1.29, 1.82) is 0 Å². The van der Waals surface area contributed by atoms with Crippen molar-refractivity contribution in [2.24, 2.45) is 0 Å². The summed E-state index contributed by atoms with van der Waals surface area (Å²) in [5, 5.41) is 4.32. The quantitative estimate of drug-likeness (QED) is 0.644. The van der Waals surface area contributed by atoms with Crippen molar-refractivity contribution >= 4 is 38.9 Å². The number of benzene rings is 1. The molecule has 2 rings (SSSR count). The molecule has 0 radical (unpaired) electrons. The van der Waals surface area contributed by atoms with Crippen LogP contribution in [0.2, 0.25) is 0 Å². The van der Waals surface area contributed by atoms with Gasteiger partial charge in [0, 0.05) is 11.8 Å². The second-order valence-electron chi connectivity index (χ2n) is 5.51. The van der Waals surface area contributed by atoms with Crippen molar-refractivity contribution in [2.45, 2.75) is 24.3 Å². The third kappa shape index (κ3) is 5.52. The smallest absolute Gasteiger partial charge is 0.307 e. The van der Waals surface area contributed by atoms with Crippen LogP contribution in [-0.2, 0) is 24.3 Å². The van der Waals surface area contributed by atoms with Crippen LogP contribution in [0.5, 0.6) is 5.75 Å². The van der Waals surface area contributed by atoms with Gasteiger partial charge in [0.1, 0.15) is 5.75 Å². The van der Waals surface area contributed by atoms with Crippen LogP contribution in [0.3, 0.4) is 0 Å². The van der Waals surface area contributed by atoms with E-state index < -0.39 is 22.0 Å². The number of thiophene rings is 1. The van der Waals surface area contributed by atoms with Gasteiger partial charge in [0.2, 0.25) is 15.9 Å². The van der Waals surface area contributed by atoms with Gasteiger partial charge in [-0.25, -0.2) is 13.1 Å². The maximum Gasteiger partial charge on any atom is 0.307 e. The zero-order valence-electron chi connectivity index (χ0n) is 15.0. The Hall–Kier alpha value is -2.43. The number of amides is 1. The standard InChI is InChI=1S/C17H20N2O6S2/c1-11(20)18-13-9-12(6-7-15(13)24-2)27(22,23)19-14(10-17(21)25-3)16-5-4-8-26-16/h4-9,14,19H,10H2,1-3H3,(H,18,20). The summed E-state index contributed by atoms with van der Waals surface area (Å²) in [6.07, 6.45) is -0.148. The van der Waals surface area contributed by atoms with Crippen LogP contribution in [0.15, 0.2) is 40.6 Å². The van der Waals surface area contributed by atoms with Gasteiger partial charge in [-0.05, 0) is 29.6 Å². The minimum absolute atomic E-state index is 0.0709. The Bertz CT molecular complexity index is 910. The van der Waals surface area contributed by atoms with E-state index in [1.54, 1.807) is 17.5 Å². The van der Waals surface area contributed by atoms with Gasteiger partial charge in [-0.15, -0.1) is 11.3 Å². The molecule has 1 aromatic carbocycles. The van der Waals surface area contributed by atoms with Gasteiger partial charge in [0.25, 0.3) is 0 Å². The van der Waals surface area contributed by atoms with E-state index in [0.717, 1.165) is 0 Å². The number of carbonyl (C=O) groups is 2.